The molecule has 1 radical (unpaired) electrons. The molecule has 0 aromatic heterocycles. The molecule has 35 heavy (non-hydrogen) atoms. The maximum Gasteiger partial charge on any atom is 0.335 e. The van der Waals surface area contributed by atoms with Crippen LogP contribution in [-0.4, -0.2) is 37.4 Å². The topological polar surface area (TPSA) is 49.8 Å². The zero-order chi connectivity index (χ0) is 25.3. The van der Waals surface area contributed by atoms with Gasteiger partial charge in [0.25, 0.3) is 0 Å². The first-order chi connectivity index (χ1) is 16.7. The molecule has 0 saturated carbocycles. The second-order valence-electron chi connectivity index (χ2n) is 9.18. The highest BCUT2D eigenvalue weighted by atomic mass is 16.5. The summed E-state index contributed by atoms with van der Waals surface area (Å²) in [5.74, 6) is 0.410. The number of fused-ring (bicyclic) bond motifs is 1. The van der Waals surface area contributed by atoms with Crippen LogP contribution in [0.3, 0.4) is 0 Å². The lowest BCUT2D eigenvalue weighted by Crippen LogP contribution is -2.30. The van der Waals surface area contributed by atoms with E-state index in [0.717, 1.165) is 44.0 Å². The summed E-state index contributed by atoms with van der Waals surface area (Å²) in [6.45, 7) is 12.7. The van der Waals surface area contributed by atoms with Crippen LogP contribution in [0.2, 0.25) is 0 Å². The number of hydrogen-bond acceptors (Lipinski definition) is 3. The predicted octanol–water partition coefficient (Wildman–Crippen LogP) is 3.94. The van der Waals surface area contributed by atoms with Crippen molar-refractivity contribution in [1.29, 1.82) is 0 Å². The smallest absolute Gasteiger partial charge is 0.335 e. The van der Waals surface area contributed by atoms with Crippen molar-refractivity contribution in [2.45, 2.75) is 19.7 Å². The largest absolute Gasteiger partial charge is 0.478 e. The first kappa shape index (κ1) is 24.1. The number of rotatable bonds is 6. The van der Waals surface area contributed by atoms with Gasteiger partial charge in [-0.1, -0.05) is 68.0 Å². The lowest BCUT2D eigenvalue weighted by atomic mass is 9.56. The number of hydrogen-bond donors (Lipinski definition) is 1. The molecule has 1 unspecified atom stereocenters. The summed E-state index contributed by atoms with van der Waals surface area (Å²) in [6, 6.07) is 17.3. The number of allylic oxidation sites excluding steroid dienone is 2. The van der Waals surface area contributed by atoms with Gasteiger partial charge < -0.3 is 14.7 Å². The number of ether oxygens (including phenoxy) is 1. The molecule has 0 bridgehead atoms. The summed E-state index contributed by atoms with van der Waals surface area (Å²) < 4.78 is 6.55. The van der Waals surface area contributed by atoms with Gasteiger partial charge in [-0.15, -0.1) is 0 Å². The van der Waals surface area contributed by atoms with Gasteiger partial charge in [-0.05, 0) is 58.1 Å². The normalized spacial score (nSPS) is 14.0. The highest BCUT2D eigenvalue weighted by Gasteiger charge is 2.25. The van der Waals surface area contributed by atoms with E-state index in [2.05, 4.69) is 32.2 Å². The molecule has 0 spiro atoms. The fourth-order valence-electron chi connectivity index (χ4n) is 4.43. The van der Waals surface area contributed by atoms with Crippen molar-refractivity contribution < 1.29 is 14.6 Å². The summed E-state index contributed by atoms with van der Waals surface area (Å²) in [7, 11) is 5.94. The van der Waals surface area contributed by atoms with E-state index in [1.165, 1.54) is 0 Å². The Hall–Kier alpha value is -3.99. The molecule has 0 aliphatic carbocycles. The molecule has 3 aromatic carbocycles. The van der Waals surface area contributed by atoms with E-state index in [9.17, 15) is 9.90 Å². The molecule has 0 saturated heterocycles. The molecule has 1 atom stereocenters. The molecule has 4 rings (SSSR count). The second-order valence-corrected chi connectivity index (χ2v) is 9.18. The molecule has 4 nitrogen and oxygen atoms in total. The molecule has 5 heteroatoms. The summed E-state index contributed by atoms with van der Waals surface area (Å²) >= 11 is 0. The van der Waals surface area contributed by atoms with Gasteiger partial charge in [-0.25, -0.2) is 4.79 Å². The van der Waals surface area contributed by atoms with Crippen molar-refractivity contribution in [3.05, 3.63) is 106 Å². The minimum Gasteiger partial charge on any atom is -0.478 e. The summed E-state index contributed by atoms with van der Waals surface area (Å²) in [5.41, 5.74) is 5.75. The van der Waals surface area contributed by atoms with Crippen LogP contribution in [0.15, 0.2) is 67.3 Å². The van der Waals surface area contributed by atoms with E-state index < -0.39 is 5.97 Å². The maximum atomic E-state index is 11.7. The third-order valence-electron chi connectivity index (χ3n) is 6.11. The number of aromatic carboxylic acids is 1. The highest BCUT2D eigenvalue weighted by Crippen LogP contribution is 2.41. The Morgan fingerprint density at radius 1 is 1.09 bits per heavy atom. The van der Waals surface area contributed by atoms with Crippen molar-refractivity contribution in [2.24, 2.45) is 0 Å². The van der Waals surface area contributed by atoms with Gasteiger partial charge in [0.15, 0.2) is 7.28 Å². The number of nitrogens with zero attached hydrogens (tertiary/aromatic N) is 1. The second kappa shape index (κ2) is 9.71. The molecule has 1 N–H and O–H groups in total. The van der Waals surface area contributed by atoms with Gasteiger partial charge in [0.1, 0.15) is 11.5 Å². The average Bonchev–Trinajstić information content (AvgIpc) is 2.80. The zero-order valence-electron chi connectivity index (χ0n) is 20.6. The van der Waals surface area contributed by atoms with Gasteiger partial charge in [0.05, 0.1) is 5.56 Å². The Morgan fingerprint density at radius 3 is 2.54 bits per heavy atom. The summed E-state index contributed by atoms with van der Waals surface area (Å²) in [6.07, 6.45) is 3.99. The first-order valence-electron chi connectivity index (χ1n) is 11.5. The van der Waals surface area contributed by atoms with E-state index >= 15 is 0 Å². The number of benzene rings is 3. The molecule has 0 fully saturated rings. The Morgan fingerprint density at radius 2 is 1.83 bits per heavy atom. The zero-order valence-corrected chi connectivity index (χ0v) is 20.6. The van der Waals surface area contributed by atoms with Crippen LogP contribution in [0.5, 0.6) is 5.75 Å². The lowest BCUT2D eigenvalue weighted by Gasteiger charge is -2.26. The van der Waals surface area contributed by atoms with Crippen LogP contribution in [0.1, 0.15) is 45.4 Å². The van der Waals surface area contributed by atoms with Crippen LogP contribution in [-0.2, 0) is 0 Å². The van der Waals surface area contributed by atoms with Crippen molar-refractivity contribution in [2.75, 3.05) is 14.1 Å². The molecule has 175 valence electrons. The highest BCUT2D eigenvalue weighted by molar-refractivity contribution is 6.56. The van der Waals surface area contributed by atoms with Crippen LogP contribution in [0, 0.1) is 6.92 Å². The Kier molecular flexibility index (Phi) is 6.70. The Balaban J connectivity index is 1.77. The molecular weight excluding hydrogens is 433 g/mol. The Bertz CT molecular complexity index is 1470. The van der Waals surface area contributed by atoms with Crippen molar-refractivity contribution in [3.8, 4) is 5.75 Å². The molecule has 3 aromatic rings. The van der Waals surface area contributed by atoms with Gasteiger partial charge in [-0.2, -0.15) is 0 Å². The van der Waals surface area contributed by atoms with Crippen LogP contribution < -0.4 is 20.6 Å². The quantitative estimate of drug-likeness (QED) is 0.564. The van der Waals surface area contributed by atoms with Crippen LogP contribution in [0.4, 0.5) is 0 Å². The van der Waals surface area contributed by atoms with E-state index in [4.69, 9.17) is 4.74 Å². The van der Waals surface area contributed by atoms with Crippen molar-refractivity contribution in [1.82, 2.24) is 4.90 Å². The van der Waals surface area contributed by atoms with Gasteiger partial charge in [-0.3, -0.25) is 0 Å². The van der Waals surface area contributed by atoms with E-state index in [1.54, 1.807) is 12.1 Å². The third-order valence-corrected chi connectivity index (χ3v) is 6.11. The number of carboxylic acids is 1. The minimum absolute atomic E-state index is 0.0936. The fourth-order valence-corrected chi connectivity index (χ4v) is 4.43. The Labute approximate surface area is 207 Å². The SMILES string of the molecule is C=C1C=C(c2ccc/c(=C/N(C)C)c2=C)Oc2c1cc(C)cc2C(C)[B]c1ccccc1C(=O)O. The standard InChI is InChI=1S/C30H29BNO3/c1-18-14-25-19(2)16-28(23-12-9-10-22(20(23)3)17-32(5)6)35-29(25)26(15-18)21(4)31-27-13-8-7-11-24(27)30(33)34/h7-17,21H,2-3H2,1,4-6H3,(H,33,34)/b22-17-. The van der Waals surface area contributed by atoms with Crippen molar-refractivity contribution >= 4 is 42.8 Å². The first-order valence-corrected chi connectivity index (χ1v) is 11.5. The summed E-state index contributed by atoms with van der Waals surface area (Å²) in [5, 5.41) is 11.5. The predicted molar refractivity (Wildman–Crippen MR) is 145 cm³/mol. The maximum absolute atomic E-state index is 11.7. The number of aryl methyl sites for hydroxylation is 1. The molecule has 1 heterocycles. The van der Waals surface area contributed by atoms with E-state index in [-0.39, 0.29) is 11.4 Å². The van der Waals surface area contributed by atoms with Crippen LogP contribution in [0.25, 0.3) is 24.1 Å². The van der Waals surface area contributed by atoms with Gasteiger partial charge >= 0.3 is 5.97 Å². The molecule has 0 amide bonds. The monoisotopic (exact) mass is 462 g/mol. The van der Waals surface area contributed by atoms with E-state index in [1.807, 2.05) is 75.8 Å². The number of carboxylic acid groups (broad SMARTS) is 1. The van der Waals surface area contributed by atoms with Gasteiger partial charge in [0, 0.05) is 31.4 Å². The number of carbonyl (C=O) groups is 1. The molecular formula is C30H29BNO3. The van der Waals surface area contributed by atoms with E-state index in [0.29, 0.717) is 11.2 Å². The van der Waals surface area contributed by atoms with Gasteiger partial charge in [0.2, 0.25) is 0 Å². The molecule has 1 aliphatic rings. The molecule has 1 aliphatic heterocycles. The van der Waals surface area contributed by atoms with Crippen LogP contribution >= 0.6 is 0 Å². The summed E-state index contributed by atoms with van der Waals surface area (Å²) in [4.78, 5) is 13.7. The average molecular weight is 462 g/mol. The third kappa shape index (κ3) is 4.95. The lowest BCUT2D eigenvalue weighted by molar-refractivity contribution is 0.0698. The fraction of sp³-hybridized carbons (Fsp3) is 0.167. The van der Waals surface area contributed by atoms with Crippen molar-refractivity contribution in [3.63, 3.8) is 0 Å². The minimum atomic E-state index is -0.942.